The SMILES string of the molecule is C=C/C=C\C(=C/C)N1C(=O)C=CC1=O.CC.CC. The summed E-state index contributed by atoms with van der Waals surface area (Å²) in [5, 5.41) is 0. The molecule has 0 radical (unpaired) electrons. The fourth-order valence-electron chi connectivity index (χ4n) is 1.12. The van der Waals surface area contributed by atoms with Crippen molar-refractivity contribution in [3.05, 3.63) is 48.7 Å². The zero-order valence-corrected chi connectivity index (χ0v) is 11.9. The van der Waals surface area contributed by atoms with Crippen molar-refractivity contribution < 1.29 is 9.59 Å². The predicted molar refractivity (Wildman–Crippen MR) is 76.8 cm³/mol. The Morgan fingerprint density at radius 3 is 1.89 bits per heavy atom. The third-order valence-electron chi connectivity index (χ3n) is 1.77. The molecule has 0 unspecified atom stereocenters. The van der Waals surface area contributed by atoms with Crippen molar-refractivity contribution in [3.63, 3.8) is 0 Å². The van der Waals surface area contributed by atoms with Gasteiger partial charge in [-0.3, -0.25) is 9.59 Å². The van der Waals surface area contributed by atoms with Gasteiger partial charge in [-0.25, -0.2) is 4.90 Å². The minimum atomic E-state index is -0.309. The van der Waals surface area contributed by atoms with Crippen LogP contribution in [0.15, 0.2) is 48.7 Å². The first-order valence-corrected chi connectivity index (χ1v) is 6.22. The monoisotopic (exact) mass is 249 g/mol. The first-order chi connectivity index (χ1) is 8.70. The predicted octanol–water partition coefficient (Wildman–Crippen LogP) is 3.61. The van der Waals surface area contributed by atoms with Gasteiger partial charge in [0.05, 0.1) is 0 Å². The molecule has 2 amide bonds. The van der Waals surface area contributed by atoms with Gasteiger partial charge in [0.15, 0.2) is 0 Å². The molecule has 1 aliphatic heterocycles. The van der Waals surface area contributed by atoms with Crippen LogP contribution in [0.4, 0.5) is 0 Å². The molecule has 1 rings (SSSR count). The second-order valence-electron chi connectivity index (χ2n) is 2.65. The summed E-state index contributed by atoms with van der Waals surface area (Å²) in [5.41, 5.74) is 0.560. The van der Waals surface area contributed by atoms with Crippen LogP contribution >= 0.6 is 0 Å². The first-order valence-electron chi connectivity index (χ1n) is 6.22. The number of carbonyl (C=O) groups is 2. The fourth-order valence-corrected chi connectivity index (χ4v) is 1.12. The molecule has 0 aliphatic carbocycles. The van der Waals surface area contributed by atoms with Crippen LogP contribution < -0.4 is 0 Å². The maximum Gasteiger partial charge on any atom is 0.258 e. The lowest BCUT2D eigenvalue weighted by Crippen LogP contribution is -2.28. The van der Waals surface area contributed by atoms with Crippen LogP contribution in [0.25, 0.3) is 0 Å². The number of carbonyl (C=O) groups excluding carboxylic acids is 2. The quantitative estimate of drug-likeness (QED) is 0.566. The lowest BCUT2D eigenvalue weighted by molar-refractivity contribution is -0.134. The fraction of sp³-hybridized carbons (Fsp3) is 0.333. The van der Waals surface area contributed by atoms with Crippen molar-refractivity contribution in [2.24, 2.45) is 0 Å². The molecule has 18 heavy (non-hydrogen) atoms. The van der Waals surface area contributed by atoms with Crippen LogP contribution in [-0.2, 0) is 9.59 Å². The van der Waals surface area contributed by atoms with Crippen molar-refractivity contribution >= 4 is 11.8 Å². The van der Waals surface area contributed by atoms with Crippen molar-refractivity contribution in [2.75, 3.05) is 0 Å². The van der Waals surface area contributed by atoms with E-state index in [2.05, 4.69) is 6.58 Å². The molecule has 1 heterocycles. The van der Waals surface area contributed by atoms with Crippen molar-refractivity contribution in [1.82, 2.24) is 4.90 Å². The highest BCUT2D eigenvalue weighted by atomic mass is 16.2. The Kier molecular flexibility index (Phi) is 11.9. The maximum absolute atomic E-state index is 11.3. The highest BCUT2D eigenvalue weighted by molar-refractivity contribution is 6.14. The number of hydrogen-bond donors (Lipinski definition) is 0. The van der Waals surface area contributed by atoms with Gasteiger partial charge >= 0.3 is 0 Å². The molecule has 3 heteroatoms. The van der Waals surface area contributed by atoms with Crippen LogP contribution in [0.1, 0.15) is 34.6 Å². The molecule has 0 saturated heterocycles. The van der Waals surface area contributed by atoms with Crippen molar-refractivity contribution in [2.45, 2.75) is 34.6 Å². The van der Waals surface area contributed by atoms with Gasteiger partial charge in [-0.2, -0.15) is 0 Å². The van der Waals surface area contributed by atoms with E-state index < -0.39 is 0 Å². The van der Waals surface area contributed by atoms with Gasteiger partial charge in [0.1, 0.15) is 0 Å². The number of nitrogens with zero attached hydrogens (tertiary/aromatic N) is 1. The summed E-state index contributed by atoms with van der Waals surface area (Å²) >= 11 is 0. The molecule has 0 saturated carbocycles. The van der Waals surface area contributed by atoms with Gasteiger partial charge in [0.25, 0.3) is 11.8 Å². The molecule has 0 aromatic heterocycles. The molecule has 0 N–H and O–H groups in total. The number of imide groups is 1. The van der Waals surface area contributed by atoms with Gasteiger partial charge in [-0.1, -0.05) is 52.5 Å². The van der Waals surface area contributed by atoms with Crippen molar-refractivity contribution in [1.29, 1.82) is 0 Å². The van der Waals surface area contributed by atoms with E-state index in [9.17, 15) is 9.59 Å². The highest BCUT2D eigenvalue weighted by Gasteiger charge is 2.24. The molecular weight excluding hydrogens is 226 g/mol. The second-order valence-corrected chi connectivity index (χ2v) is 2.65. The van der Waals surface area contributed by atoms with Crippen LogP contribution in [0, 0.1) is 0 Å². The molecule has 0 fully saturated rings. The molecule has 0 aromatic rings. The lowest BCUT2D eigenvalue weighted by atomic mass is 10.3. The van der Waals surface area contributed by atoms with Gasteiger partial charge in [0, 0.05) is 17.8 Å². The van der Waals surface area contributed by atoms with Crippen LogP contribution in [0.2, 0.25) is 0 Å². The second kappa shape index (κ2) is 11.6. The molecule has 0 aromatic carbocycles. The molecule has 0 spiro atoms. The van der Waals surface area contributed by atoms with Gasteiger partial charge in [-0.15, -0.1) is 0 Å². The summed E-state index contributed by atoms with van der Waals surface area (Å²) in [5.74, 6) is -0.617. The third-order valence-corrected chi connectivity index (χ3v) is 1.77. The molecule has 100 valence electrons. The summed E-state index contributed by atoms with van der Waals surface area (Å²) in [7, 11) is 0. The largest absolute Gasteiger partial charge is 0.269 e. The molecule has 0 bridgehead atoms. The van der Waals surface area contributed by atoms with E-state index >= 15 is 0 Å². The Hall–Kier alpha value is -1.90. The standard InChI is InChI=1S/C11H11NO2.2C2H6/c1-3-5-6-9(4-2)12-10(13)7-8-11(12)14;2*1-2/h3-8H,1H2,2H3;2*1-2H3/b6-5-,9-4+;;. The Morgan fingerprint density at radius 1 is 1.11 bits per heavy atom. The summed E-state index contributed by atoms with van der Waals surface area (Å²) in [6.45, 7) is 13.3. The lowest BCUT2D eigenvalue weighted by Gasteiger charge is -2.13. The molecule has 0 atom stereocenters. The Morgan fingerprint density at radius 2 is 1.56 bits per heavy atom. The van der Waals surface area contributed by atoms with E-state index in [4.69, 9.17) is 0 Å². The van der Waals surface area contributed by atoms with Gasteiger partial charge in [0.2, 0.25) is 0 Å². The normalized spacial score (nSPS) is 14.1. The number of rotatable bonds is 3. The zero-order valence-electron chi connectivity index (χ0n) is 11.9. The Bertz CT molecular complexity index is 345. The molecule has 1 aliphatic rings. The van der Waals surface area contributed by atoms with E-state index in [0.29, 0.717) is 5.70 Å². The summed E-state index contributed by atoms with van der Waals surface area (Å²) in [6, 6.07) is 0. The van der Waals surface area contributed by atoms with Crippen LogP contribution in [-0.4, -0.2) is 16.7 Å². The number of amides is 2. The topological polar surface area (TPSA) is 37.4 Å². The average molecular weight is 249 g/mol. The molecule has 3 nitrogen and oxygen atoms in total. The number of allylic oxidation sites excluding steroid dienone is 4. The highest BCUT2D eigenvalue weighted by Crippen LogP contribution is 2.13. The van der Waals surface area contributed by atoms with Gasteiger partial charge in [-0.05, 0) is 13.0 Å². The van der Waals surface area contributed by atoms with E-state index in [1.165, 1.54) is 12.2 Å². The maximum atomic E-state index is 11.3. The Balaban J connectivity index is 0. The van der Waals surface area contributed by atoms with Crippen LogP contribution in [0.5, 0.6) is 0 Å². The third kappa shape index (κ3) is 5.43. The Labute approximate surface area is 110 Å². The van der Waals surface area contributed by atoms with Gasteiger partial charge < -0.3 is 0 Å². The van der Waals surface area contributed by atoms with Crippen molar-refractivity contribution in [3.8, 4) is 0 Å². The van der Waals surface area contributed by atoms with E-state index in [-0.39, 0.29) is 11.8 Å². The summed E-state index contributed by atoms with van der Waals surface area (Å²) in [4.78, 5) is 23.6. The molecular formula is C15H23NO2. The smallest absolute Gasteiger partial charge is 0.258 e. The minimum absolute atomic E-state index is 0.309. The summed E-state index contributed by atoms with van der Waals surface area (Å²) in [6.07, 6.45) is 9.13. The van der Waals surface area contributed by atoms with Crippen LogP contribution in [0.3, 0.4) is 0 Å². The van der Waals surface area contributed by atoms with E-state index in [0.717, 1.165) is 4.90 Å². The first kappa shape index (κ1) is 18.5. The minimum Gasteiger partial charge on any atom is -0.269 e. The summed E-state index contributed by atoms with van der Waals surface area (Å²) < 4.78 is 0. The average Bonchev–Trinajstić information content (AvgIpc) is 2.76. The van der Waals surface area contributed by atoms with E-state index in [1.807, 2.05) is 27.7 Å². The zero-order chi connectivity index (χ0) is 14.6. The number of hydrogen-bond acceptors (Lipinski definition) is 2. The van der Waals surface area contributed by atoms with E-state index in [1.54, 1.807) is 31.2 Å².